The van der Waals surface area contributed by atoms with E-state index >= 15 is 0 Å². The second-order valence-electron chi connectivity index (χ2n) is 4.40. The van der Waals surface area contributed by atoms with E-state index in [9.17, 15) is 9.18 Å². The van der Waals surface area contributed by atoms with E-state index < -0.39 is 5.82 Å². The molecule has 19 heavy (non-hydrogen) atoms. The molecule has 0 saturated carbocycles. The van der Waals surface area contributed by atoms with Crippen LogP contribution in [0.25, 0.3) is 0 Å². The molecule has 1 heterocycles. The van der Waals surface area contributed by atoms with Crippen LogP contribution in [0.4, 0.5) is 4.39 Å². The van der Waals surface area contributed by atoms with Crippen LogP contribution < -0.4 is 5.73 Å². The summed E-state index contributed by atoms with van der Waals surface area (Å²) in [7, 11) is 0. The molecule has 0 aliphatic carbocycles. The minimum absolute atomic E-state index is 0. The van der Waals surface area contributed by atoms with Crippen LogP contribution in [0.1, 0.15) is 23.2 Å². The average molecular weight is 372 g/mol. The molecule has 2 N–H and O–H groups in total. The summed E-state index contributed by atoms with van der Waals surface area (Å²) in [6.45, 7) is 1.13. The van der Waals surface area contributed by atoms with Crippen molar-refractivity contribution in [2.75, 3.05) is 13.1 Å². The van der Waals surface area contributed by atoms with Crippen LogP contribution in [0.15, 0.2) is 16.6 Å². The van der Waals surface area contributed by atoms with Gasteiger partial charge in [0.15, 0.2) is 0 Å². The molecule has 1 aliphatic heterocycles. The summed E-state index contributed by atoms with van der Waals surface area (Å²) >= 11 is 9.01. The second-order valence-corrected chi connectivity index (χ2v) is 5.66. The first kappa shape index (κ1) is 16.7. The average Bonchev–Trinajstić information content (AvgIpc) is 2.33. The van der Waals surface area contributed by atoms with Crippen molar-refractivity contribution in [1.82, 2.24) is 4.90 Å². The lowest BCUT2D eigenvalue weighted by molar-refractivity contribution is 0.0708. The van der Waals surface area contributed by atoms with Crippen LogP contribution in [0.5, 0.6) is 0 Å². The standard InChI is InChI=1S/C12H13BrClFN2O.ClH/c13-9-5-10(14)8(4-11(9)15)12(18)17-3-1-2-7(16)6-17;/h4-5,7H,1-3,6,16H2;1H/t7-;/m1./s1. The molecular weight excluding hydrogens is 358 g/mol. The van der Waals surface area contributed by atoms with Crippen LogP contribution >= 0.6 is 39.9 Å². The number of carbonyl (C=O) groups excluding carboxylic acids is 1. The van der Waals surface area contributed by atoms with Gasteiger partial charge < -0.3 is 10.6 Å². The number of hydrogen-bond acceptors (Lipinski definition) is 2. The topological polar surface area (TPSA) is 46.3 Å². The Bertz CT molecular complexity index is 487. The van der Waals surface area contributed by atoms with Crippen molar-refractivity contribution in [1.29, 1.82) is 0 Å². The first-order chi connectivity index (χ1) is 8.49. The molecular formula is C12H14BrCl2FN2O. The summed E-state index contributed by atoms with van der Waals surface area (Å²) in [5.74, 6) is -0.759. The summed E-state index contributed by atoms with van der Waals surface area (Å²) in [5.41, 5.74) is 6.01. The third-order valence-corrected chi connectivity index (χ3v) is 3.91. The van der Waals surface area contributed by atoms with Gasteiger partial charge in [0, 0.05) is 19.1 Å². The number of rotatable bonds is 1. The van der Waals surface area contributed by atoms with Crippen LogP contribution in [-0.2, 0) is 0 Å². The van der Waals surface area contributed by atoms with Gasteiger partial charge in [0.25, 0.3) is 5.91 Å². The van der Waals surface area contributed by atoms with E-state index in [0.717, 1.165) is 18.9 Å². The summed E-state index contributed by atoms with van der Waals surface area (Å²) in [4.78, 5) is 13.9. The van der Waals surface area contributed by atoms with Gasteiger partial charge in [-0.25, -0.2) is 4.39 Å². The van der Waals surface area contributed by atoms with Gasteiger partial charge >= 0.3 is 0 Å². The van der Waals surface area contributed by atoms with Crippen LogP contribution in [0.3, 0.4) is 0 Å². The molecule has 2 rings (SSSR count). The smallest absolute Gasteiger partial charge is 0.255 e. The minimum Gasteiger partial charge on any atom is -0.337 e. The van der Waals surface area contributed by atoms with Crippen molar-refractivity contribution >= 4 is 45.8 Å². The summed E-state index contributed by atoms with van der Waals surface area (Å²) < 4.78 is 13.7. The zero-order valence-electron chi connectivity index (χ0n) is 10.0. The summed E-state index contributed by atoms with van der Waals surface area (Å²) in [6, 6.07) is 2.55. The van der Waals surface area contributed by atoms with Gasteiger partial charge in [0.2, 0.25) is 0 Å². The SMILES string of the molecule is Cl.N[C@@H]1CCCN(C(=O)c2cc(F)c(Br)cc2Cl)C1. The van der Waals surface area contributed by atoms with Gasteiger partial charge in [-0.1, -0.05) is 11.6 Å². The fourth-order valence-corrected chi connectivity index (χ4v) is 2.77. The molecule has 3 nitrogen and oxygen atoms in total. The maximum Gasteiger partial charge on any atom is 0.255 e. The minimum atomic E-state index is -0.496. The fraction of sp³-hybridized carbons (Fsp3) is 0.417. The van der Waals surface area contributed by atoms with Crippen molar-refractivity contribution in [3.8, 4) is 0 Å². The fourth-order valence-electron chi connectivity index (χ4n) is 2.05. The predicted molar refractivity (Wildman–Crippen MR) is 79.5 cm³/mol. The molecule has 1 aromatic carbocycles. The number of piperidine rings is 1. The number of halogens is 4. The van der Waals surface area contributed by atoms with Crippen molar-refractivity contribution < 1.29 is 9.18 Å². The van der Waals surface area contributed by atoms with E-state index in [1.54, 1.807) is 4.90 Å². The highest BCUT2D eigenvalue weighted by Crippen LogP contribution is 2.26. The Hall–Kier alpha value is -0.360. The third-order valence-electron chi connectivity index (χ3n) is 2.99. The highest BCUT2D eigenvalue weighted by atomic mass is 79.9. The lowest BCUT2D eigenvalue weighted by Gasteiger charge is -2.31. The molecule has 106 valence electrons. The Morgan fingerprint density at radius 2 is 2.21 bits per heavy atom. The maximum absolute atomic E-state index is 13.5. The molecule has 1 fully saturated rings. The molecule has 7 heteroatoms. The van der Waals surface area contributed by atoms with Gasteiger partial charge in [-0.05, 0) is 40.9 Å². The van der Waals surface area contributed by atoms with Crippen molar-refractivity contribution in [2.24, 2.45) is 5.73 Å². The Labute approximate surface area is 130 Å². The molecule has 1 aliphatic rings. The lowest BCUT2D eigenvalue weighted by Crippen LogP contribution is -2.45. The molecule has 1 saturated heterocycles. The number of benzene rings is 1. The van der Waals surface area contributed by atoms with Crippen LogP contribution in [0, 0.1) is 5.82 Å². The van der Waals surface area contributed by atoms with E-state index in [4.69, 9.17) is 17.3 Å². The second kappa shape index (κ2) is 6.88. The van der Waals surface area contributed by atoms with Gasteiger partial charge in [0.05, 0.1) is 15.1 Å². The predicted octanol–water partition coefficient (Wildman–Crippen LogP) is 3.23. The quantitative estimate of drug-likeness (QED) is 0.770. The van der Waals surface area contributed by atoms with Crippen LogP contribution in [0.2, 0.25) is 5.02 Å². The number of nitrogens with two attached hydrogens (primary N) is 1. The Kier molecular flexibility index (Phi) is 6.05. The Morgan fingerprint density at radius 3 is 2.84 bits per heavy atom. The number of amides is 1. The number of carbonyl (C=O) groups is 1. The molecule has 0 aromatic heterocycles. The third kappa shape index (κ3) is 3.81. The maximum atomic E-state index is 13.5. The zero-order chi connectivity index (χ0) is 13.3. The normalized spacial score (nSPS) is 18.9. The highest BCUT2D eigenvalue weighted by molar-refractivity contribution is 9.10. The van der Waals surface area contributed by atoms with Gasteiger partial charge in [-0.15, -0.1) is 12.4 Å². The largest absolute Gasteiger partial charge is 0.337 e. The summed E-state index contributed by atoms with van der Waals surface area (Å²) in [6.07, 6.45) is 1.77. The highest BCUT2D eigenvalue weighted by Gasteiger charge is 2.24. The Balaban J connectivity index is 0.00000180. The number of hydrogen-bond donors (Lipinski definition) is 1. The van der Waals surface area contributed by atoms with Crippen molar-refractivity contribution in [3.63, 3.8) is 0 Å². The van der Waals surface area contributed by atoms with E-state index in [1.807, 2.05) is 0 Å². The van der Waals surface area contributed by atoms with E-state index in [0.29, 0.717) is 13.1 Å². The van der Waals surface area contributed by atoms with Gasteiger partial charge in [0.1, 0.15) is 5.82 Å². The molecule has 0 radical (unpaired) electrons. The first-order valence-corrected chi connectivity index (χ1v) is 6.85. The van der Waals surface area contributed by atoms with Crippen molar-refractivity contribution in [2.45, 2.75) is 18.9 Å². The monoisotopic (exact) mass is 370 g/mol. The molecule has 0 spiro atoms. The molecule has 1 atom stereocenters. The van der Waals surface area contributed by atoms with E-state index in [-0.39, 0.29) is 39.4 Å². The van der Waals surface area contributed by atoms with E-state index in [2.05, 4.69) is 15.9 Å². The molecule has 1 amide bonds. The first-order valence-electron chi connectivity index (χ1n) is 5.68. The Morgan fingerprint density at radius 1 is 1.53 bits per heavy atom. The lowest BCUT2D eigenvalue weighted by atomic mass is 10.1. The number of likely N-dealkylation sites (tertiary alicyclic amines) is 1. The number of nitrogens with zero attached hydrogens (tertiary/aromatic N) is 1. The van der Waals surface area contributed by atoms with Crippen LogP contribution in [-0.4, -0.2) is 29.9 Å². The van der Waals surface area contributed by atoms with Gasteiger partial charge in [-0.3, -0.25) is 4.79 Å². The molecule has 0 unspecified atom stereocenters. The summed E-state index contributed by atoms with van der Waals surface area (Å²) in [5, 5.41) is 0.243. The van der Waals surface area contributed by atoms with Crippen molar-refractivity contribution in [3.05, 3.63) is 33.0 Å². The zero-order valence-corrected chi connectivity index (χ0v) is 13.2. The van der Waals surface area contributed by atoms with E-state index in [1.165, 1.54) is 6.07 Å². The molecule has 1 aromatic rings. The molecule has 0 bridgehead atoms. The van der Waals surface area contributed by atoms with Gasteiger partial charge in [-0.2, -0.15) is 0 Å².